The Labute approximate surface area is 108 Å². The van der Waals surface area contributed by atoms with Gasteiger partial charge in [-0.25, -0.2) is 0 Å². The highest BCUT2D eigenvalue weighted by atomic mass is 79.9. The minimum Gasteiger partial charge on any atom is -0.489 e. The van der Waals surface area contributed by atoms with Crippen molar-refractivity contribution in [2.24, 2.45) is 0 Å². The highest BCUT2D eigenvalue weighted by Crippen LogP contribution is 2.17. The number of benzene rings is 2. The topological polar surface area (TPSA) is 26.3 Å². The fraction of sp³-hybridized carbons (Fsp3) is 0.0714. The van der Waals surface area contributed by atoms with Crippen molar-refractivity contribution in [1.82, 2.24) is 0 Å². The molecule has 3 heteroatoms. The van der Waals surface area contributed by atoms with E-state index in [2.05, 4.69) is 15.9 Å². The smallest absolute Gasteiger partial charge is 0.150 e. The first-order valence-electron chi connectivity index (χ1n) is 5.20. The second-order valence-corrected chi connectivity index (χ2v) is 4.52. The molecule has 2 rings (SSSR count). The first-order valence-corrected chi connectivity index (χ1v) is 6.00. The van der Waals surface area contributed by atoms with Crippen LogP contribution in [0, 0.1) is 0 Å². The lowest BCUT2D eigenvalue weighted by Gasteiger charge is -2.06. The summed E-state index contributed by atoms with van der Waals surface area (Å²) in [6.45, 7) is 0.501. The largest absolute Gasteiger partial charge is 0.489 e. The Morgan fingerprint density at radius 1 is 1.00 bits per heavy atom. The average molecular weight is 291 g/mol. The van der Waals surface area contributed by atoms with Crippen LogP contribution in [-0.2, 0) is 6.61 Å². The van der Waals surface area contributed by atoms with Crippen LogP contribution in [0.2, 0.25) is 0 Å². The third kappa shape index (κ3) is 3.43. The fourth-order valence-electron chi connectivity index (χ4n) is 1.39. The van der Waals surface area contributed by atoms with Crippen molar-refractivity contribution in [3.8, 4) is 5.75 Å². The Kier molecular flexibility index (Phi) is 3.94. The lowest BCUT2D eigenvalue weighted by molar-refractivity contribution is 0.112. The normalized spacial score (nSPS) is 9.94. The van der Waals surface area contributed by atoms with E-state index < -0.39 is 0 Å². The second-order valence-electron chi connectivity index (χ2n) is 3.60. The molecule has 2 aromatic rings. The molecule has 0 aliphatic heterocycles. The summed E-state index contributed by atoms with van der Waals surface area (Å²) in [5, 5.41) is 0. The molecule has 2 aromatic carbocycles. The summed E-state index contributed by atoms with van der Waals surface area (Å²) in [6, 6.07) is 15.0. The van der Waals surface area contributed by atoms with Gasteiger partial charge in [-0.2, -0.15) is 0 Å². The summed E-state index contributed by atoms with van der Waals surface area (Å²) in [7, 11) is 0. The van der Waals surface area contributed by atoms with Gasteiger partial charge >= 0.3 is 0 Å². The van der Waals surface area contributed by atoms with E-state index in [1.54, 1.807) is 12.1 Å². The van der Waals surface area contributed by atoms with Crippen LogP contribution in [0.5, 0.6) is 5.75 Å². The quantitative estimate of drug-likeness (QED) is 0.800. The van der Waals surface area contributed by atoms with Crippen molar-refractivity contribution in [2.75, 3.05) is 0 Å². The van der Waals surface area contributed by atoms with Crippen molar-refractivity contribution < 1.29 is 9.53 Å². The van der Waals surface area contributed by atoms with Crippen molar-refractivity contribution >= 4 is 22.2 Å². The van der Waals surface area contributed by atoms with E-state index in [1.807, 2.05) is 36.4 Å². The monoisotopic (exact) mass is 290 g/mol. The van der Waals surface area contributed by atoms with Crippen LogP contribution in [-0.4, -0.2) is 6.29 Å². The van der Waals surface area contributed by atoms with Gasteiger partial charge in [0.05, 0.1) is 0 Å². The van der Waals surface area contributed by atoms with E-state index in [1.165, 1.54) is 0 Å². The first-order chi connectivity index (χ1) is 8.28. The SMILES string of the molecule is O=Cc1ccc(COc2ccc(Br)cc2)cc1. The maximum atomic E-state index is 10.5. The Morgan fingerprint density at radius 2 is 1.65 bits per heavy atom. The summed E-state index contributed by atoms with van der Waals surface area (Å²) in [4.78, 5) is 10.5. The maximum absolute atomic E-state index is 10.5. The molecule has 0 unspecified atom stereocenters. The third-order valence-electron chi connectivity index (χ3n) is 2.33. The number of hydrogen-bond acceptors (Lipinski definition) is 2. The van der Waals surface area contributed by atoms with Crippen LogP contribution in [0.4, 0.5) is 0 Å². The molecule has 0 saturated carbocycles. The molecule has 0 saturated heterocycles. The lowest BCUT2D eigenvalue weighted by atomic mass is 10.2. The van der Waals surface area contributed by atoms with Gasteiger partial charge in [0.2, 0.25) is 0 Å². The zero-order valence-electron chi connectivity index (χ0n) is 9.10. The standard InChI is InChI=1S/C14H11BrO2/c15-13-5-7-14(8-6-13)17-10-12-3-1-11(9-16)2-4-12/h1-9H,10H2. The predicted molar refractivity (Wildman–Crippen MR) is 70.3 cm³/mol. The molecule has 0 aliphatic carbocycles. The first kappa shape index (κ1) is 11.9. The molecule has 17 heavy (non-hydrogen) atoms. The van der Waals surface area contributed by atoms with E-state index >= 15 is 0 Å². The summed E-state index contributed by atoms with van der Waals surface area (Å²) >= 11 is 3.37. The summed E-state index contributed by atoms with van der Waals surface area (Å²) < 4.78 is 6.64. The zero-order valence-corrected chi connectivity index (χ0v) is 10.7. The van der Waals surface area contributed by atoms with Gasteiger partial charge in [0.25, 0.3) is 0 Å². The van der Waals surface area contributed by atoms with Crippen LogP contribution in [0.25, 0.3) is 0 Å². The highest BCUT2D eigenvalue weighted by Gasteiger charge is 1.96. The molecule has 0 fully saturated rings. The van der Waals surface area contributed by atoms with Gasteiger partial charge in [-0.15, -0.1) is 0 Å². The number of carbonyl (C=O) groups is 1. The minimum atomic E-state index is 0.501. The van der Waals surface area contributed by atoms with Gasteiger partial charge in [0.15, 0.2) is 0 Å². The molecule has 2 nitrogen and oxygen atoms in total. The molecular weight excluding hydrogens is 280 g/mol. The summed E-state index contributed by atoms with van der Waals surface area (Å²) in [5.74, 6) is 0.827. The van der Waals surface area contributed by atoms with Crippen molar-refractivity contribution in [2.45, 2.75) is 6.61 Å². The predicted octanol–water partition coefficient (Wildman–Crippen LogP) is 3.84. The number of rotatable bonds is 4. The van der Waals surface area contributed by atoms with Crippen molar-refractivity contribution in [1.29, 1.82) is 0 Å². The Morgan fingerprint density at radius 3 is 2.24 bits per heavy atom. The highest BCUT2D eigenvalue weighted by molar-refractivity contribution is 9.10. The van der Waals surface area contributed by atoms with Crippen LogP contribution < -0.4 is 4.74 Å². The molecule has 0 bridgehead atoms. The van der Waals surface area contributed by atoms with Gasteiger partial charge < -0.3 is 4.74 Å². The molecule has 0 heterocycles. The number of halogens is 1. The number of carbonyl (C=O) groups excluding carboxylic acids is 1. The van der Waals surface area contributed by atoms with Gasteiger partial charge in [-0.1, -0.05) is 40.2 Å². The molecule has 0 spiro atoms. The van der Waals surface area contributed by atoms with E-state index in [0.29, 0.717) is 12.2 Å². The second kappa shape index (κ2) is 5.64. The lowest BCUT2D eigenvalue weighted by Crippen LogP contribution is -1.95. The van der Waals surface area contributed by atoms with E-state index in [4.69, 9.17) is 4.74 Å². The maximum Gasteiger partial charge on any atom is 0.150 e. The number of hydrogen-bond donors (Lipinski definition) is 0. The van der Waals surface area contributed by atoms with Gasteiger partial charge in [0.1, 0.15) is 18.6 Å². The Balaban J connectivity index is 1.97. The summed E-state index contributed by atoms with van der Waals surface area (Å²) in [5.41, 5.74) is 1.72. The Hall–Kier alpha value is -1.61. The molecule has 0 aromatic heterocycles. The molecule has 0 atom stereocenters. The fourth-order valence-corrected chi connectivity index (χ4v) is 1.65. The van der Waals surface area contributed by atoms with Crippen molar-refractivity contribution in [3.63, 3.8) is 0 Å². The number of ether oxygens (including phenoxy) is 1. The van der Waals surface area contributed by atoms with Gasteiger partial charge in [0, 0.05) is 10.0 Å². The van der Waals surface area contributed by atoms with Crippen LogP contribution in [0.1, 0.15) is 15.9 Å². The van der Waals surface area contributed by atoms with E-state index in [-0.39, 0.29) is 0 Å². The average Bonchev–Trinajstić information content (AvgIpc) is 2.39. The van der Waals surface area contributed by atoms with Crippen molar-refractivity contribution in [3.05, 3.63) is 64.1 Å². The third-order valence-corrected chi connectivity index (χ3v) is 2.86. The molecule has 0 radical (unpaired) electrons. The zero-order chi connectivity index (χ0) is 12.1. The van der Waals surface area contributed by atoms with Gasteiger partial charge in [-0.05, 0) is 29.8 Å². The molecule has 86 valence electrons. The van der Waals surface area contributed by atoms with Gasteiger partial charge in [-0.3, -0.25) is 4.79 Å². The molecule has 0 aliphatic rings. The van der Waals surface area contributed by atoms with E-state index in [0.717, 1.165) is 22.1 Å². The van der Waals surface area contributed by atoms with Crippen LogP contribution in [0.15, 0.2) is 53.0 Å². The number of aldehydes is 1. The minimum absolute atomic E-state index is 0.501. The van der Waals surface area contributed by atoms with Crippen LogP contribution >= 0.6 is 15.9 Å². The molecular formula is C14H11BrO2. The molecule has 0 N–H and O–H groups in total. The molecule has 0 amide bonds. The van der Waals surface area contributed by atoms with E-state index in [9.17, 15) is 4.79 Å². The summed E-state index contributed by atoms with van der Waals surface area (Å²) in [6.07, 6.45) is 0.833. The van der Waals surface area contributed by atoms with Crippen LogP contribution in [0.3, 0.4) is 0 Å². The Bertz CT molecular complexity index is 489.